The lowest BCUT2D eigenvalue weighted by Crippen LogP contribution is -2.14. The van der Waals surface area contributed by atoms with Crippen molar-refractivity contribution in [1.82, 2.24) is 5.32 Å². The minimum atomic E-state index is 0.696. The van der Waals surface area contributed by atoms with E-state index in [4.69, 9.17) is 0 Å². The molecule has 0 rings (SSSR count). The van der Waals surface area contributed by atoms with Crippen molar-refractivity contribution in [3.63, 3.8) is 0 Å². The Bertz CT molecular complexity index is 297. The van der Waals surface area contributed by atoms with Gasteiger partial charge in [0, 0.05) is 11.9 Å². The fraction of sp³-hybridized carbons (Fsp3) is 0.214. The van der Waals surface area contributed by atoms with Crippen molar-refractivity contribution in [3.8, 4) is 0 Å². The van der Waals surface area contributed by atoms with E-state index >= 15 is 0 Å². The first-order chi connectivity index (χ1) is 7.78. The van der Waals surface area contributed by atoms with Crippen molar-refractivity contribution >= 4 is 6.21 Å². The summed E-state index contributed by atoms with van der Waals surface area (Å²) in [5.41, 5.74) is 2.03. The number of aliphatic imine (C=N–C) groups is 1. The second-order valence-electron chi connectivity index (χ2n) is 2.99. The minimum Gasteiger partial charge on any atom is -0.380 e. The van der Waals surface area contributed by atoms with Crippen molar-refractivity contribution in [2.24, 2.45) is 4.99 Å². The molecule has 0 saturated heterocycles. The van der Waals surface area contributed by atoms with Crippen LogP contribution in [0.25, 0.3) is 0 Å². The molecule has 0 aliphatic rings. The molecule has 2 heteroatoms. The first kappa shape index (κ1) is 14.2. The SMILES string of the molecule is C=CC=N/C(=C\C)CNC(/C=C\C=C)=C/C. The number of hydrogen-bond donors (Lipinski definition) is 1. The highest BCUT2D eigenvalue weighted by Crippen LogP contribution is 1.98. The van der Waals surface area contributed by atoms with E-state index in [1.807, 2.05) is 38.2 Å². The van der Waals surface area contributed by atoms with E-state index in [1.54, 1.807) is 18.4 Å². The molecule has 0 aliphatic carbocycles. The first-order valence-corrected chi connectivity index (χ1v) is 5.28. The lowest BCUT2D eigenvalue weighted by molar-refractivity contribution is 0.882. The lowest BCUT2D eigenvalue weighted by atomic mass is 10.3. The third kappa shape index (κ3) is 6.60. The largest absolute Gasteiger partial charge is 0.380 e. The monoisotopic (exact) mass is 216 g/mol. The van der Waals surface area contributed by atoms with E-state index in [0.717, 1.165) is 11.4 Å². The molecule has 2 nitrogen and oxygen atoms in total. The van der Waals surface area contributed by atoms with Crippen LogP contribution in [0.5, 0.6) is 0 Å². The molecule has 0 atom stereocenters. The smallest absolute Gasteiger partial charge is 0.0569 e. The van der Waals surface area contributed by atoms with Gasteiger partial charge < -0.3 is 5.32 Å². The maximum atomic E-state index is 4.23. The van der Waals surface area contributed by atoms with Crippen molar-refractivity contribution in [3.05, 3.63) is 61.0 Å². The van der Waals surface area contributed by atoms with Gasteiger partial charge >= 0.3 is 0 Å². The summed E-state index contributed by atoms with van der Waals surface area (Å²) in [5.74, 6) is 0. The zero-order chi connectivity index (χ0) is 12.2. The standard InChI is InChI=1S/C14H20N2/c1-5-9-10-13(7-3)16-12-14(8-4)15-11-6-2/h5-11,16H,1-2,12H2,3-4H3/b10-9-,13-7+,14-8-,15-11?. The van der Waals surface area contributed by atoms with Gasteiger partial charge in [0.15, 0.2) is 0 Å². The van der Waals surface area contributed by atoms with Crippen LogP contribution >= 0.6 is 0 Å². The molecule has 0 radical (unpaired) electrons. The molecule has 0 spiro atoms. The maximum absolute atomic E-state index is 4.23. The van der Waals surface area contributed by atoms with Crippen molar-refractivity contribution in [1.29, 1.82) is 0 Å². The van der Waals surface area contributed by atoms with Crippen LogP contribution in [-0.2, 0) is 0 Å². The van der Waals surface area contributed by atoms with E-state index in [-0.39, 0.29) is 0 Å². The van der Waals surface area contributed by atoms with Gasteiger partial charge in [-0.1, -0.05) is 43.5 Å². The number of hydrogen-bond acceptors (Lipinski definition) is 2. The van der Waals surface area contributed by atoms with Gasteiger partial charge in [-0.25, -0.2) is 0 Å². The predicted octanol–water partition coefficient (Wildman–Crippen LogP) is 3.38. The predicted molar refractivity (Wildman–Crippen MR) is 73.5 cm³/mol. The third-order valence-corrected chi connectivity index (χ3v) is 1.88. The van der Waals surface area contributed by atoms with Crippen molar-refractivity contribution in [2.75, 3.05) is 6.54 Å². The highest BCUT2D eigenvalue weighted by atomic mass is 14.9. The Hall–Kier alpha value is -1.83. The van der Waals surface area contributed by atoms with Crippen LogP contribution in [0.15, 0.2) is 66.0 Å². The van der Waals surface area contributed by atoms with Crippen molar-refractivity contribution < 1.29 is 0 Å². The average molecular weight is 216 g/mol. The molecule has 86 valence electrons. The Balaban J connectivity index is 4.30. The quantitative estimate of drug-likeness (QED) is 0.512. The van der Waals surface area contributed by atoms with Crippen LogP contribution in [-0.4, -0.2) is 12.8 Å². The summed E-state index contributed by atoms with van der Waals surface area (Å²) in [5, 5.41) is 3.27. The lowest BCUT2D eigenvalue weighted by Gasteiger charge is -2.06. The summed E-state index contributed by atoms with van der Waals surface area (Å²) >= 11 is 0. The normalized spacial score (nSPS) is 13.4. The van der Waals surface area contributed by atoms with Crippen LogP contribution < -0.4 is 5.32 Å². The molecule has 0 aromatic rings. The fourth-order valence-electron chi connectivity index (χ4n) is 0.992. The summed E-state index contributed by atoms with van der Waals surface area (Å²) < 4.78 is 0. The molecular formula is C14H20N2. The van der Waals surface area contributed by atoms with E-state index in [9.17, 15) is 0 Å². The molecule has 16 heavy (non-hydrogen) atoms. The van der Waals surface area contributed by atoms with Crippen LogP contribution in [0, 0.1) is 0 Å². The molecule has 0 bridgehead atoms. The Kier molecular flexibility index (Phi) is 8.60. The van der Waals surface area contributed by atoms with Gasteiger partial charge in [-0.05, 0) is 19.9 Å². The minimum absolute atomic E-state index is 0.696. The van der Waals surface area contributed by atoms with Crippen LogP contribution in [0.4, 0.5) is 0 Å². The third-order valence-electron chi connectivity index (χ3n) is 1.88. The molecule has 0 aromatic heterocycles. The molecule has 0 aliphatic heterocycles. The molecule has 0 aromatic carbocycles. The molecule has 0 unspecified atom stereocenters. The highest BCUT2D eigenvalue weighted by Gasteiger charge is 1.93. The first-order valence-electron chi connectivity index (χ1n) is 5.28. The van der Waals surface area contributed by atoms with Gasteiger partial charge in [0.1, 0.15) is 0 Å². The average Bonchev–Trinajstić information content (AvgIpc) is 2.33. The molecule has 0 fully saturated rings. The summed E-state index contributed by atoms with van der Waals surface area (Å²) in [6.07, 6.45) is 12.9. The van der Waals surface area contributed by atoms with Gasteiger partial charge in [-0.15, -0.1) is 0 Å². The number of rotatable bonds is 7. The second kappa shape index (κ2) is 9.71. The summed E-state index contributed by atoms with van der Waals surface area (Å²) in [7, 11) is 0. The van der Waals surface area contributed by atoms with E-state index in [1.165, 1.54) is 0 Å². The zero-order valence-corrected chi connectivity index (χ0v) is 10.1. The number of nitrogens with one attached hydrogen (secondary N) is 1. The summed E-state index contributed by atoms with van der Waals surface area (Å²) in [6, 6.07) is 0. The molecule has 0 saturated carbocycles. The number of nitrogens with zero attached hydrogens (tertiary/aromatic N) is 1. The zero-order valence-electron chi connectivity index (χ0n) is 10.1. The van der Waals surface area contributed by atoms with Gasteiger partial charge in [0.25, 0.3) is 0 Å². The highest BCUT2D eigenvalue weighted by molar-refractivity contribution is 5.71. The molecular weight excluding hydrogens is 196 g/mol. The second-order valence-corrected chi connectivity index (χ2v) is 2.99. The Morgan fingerprint density at radius 2 is 1.94 bits per heavy atom. The van der Waals surface area contributed by atoms with Gasteiger partial charge in [0.2, 0.25) is 0 Å². The van der Waals surface area contributed by atoms with E-state index < -0.39 is 0 Å². The Morgan fingerprint density at radius 1 is 1.19 bits per heavy atom. The van der Waals surface area contributed by atoms with Gasteiger partial charge in [0.05, 0.1) is 12.2 Å². The summed E-state index contributed by atoms with van der Waals surface area (Å²) in [4.78, 5) is 4.23. The van der Waals surface area contributed by atoms with Crippen molar-refractivity contribution in [2.45, 2.75) is 13.8 Å². The van der Waals surface area contributed by atoms with Crippen LogP contribution in [0.1, 0.15) is 13.8 Å². The molecule has 0 amide bonds. The van der Waals surface area contributed by atoms with Gasteiger partial charge in [-0.3, -0.25) is 4.99 Å². The molecule has 1 N–H and O–H groups in total. The van der Waals surface area contributed by atoms with Crippen LogP contribution in [0.3, 0.4) is 0 Å². The van der Waals surface area contributed by atoms with Gasteiger partial charge in [-0.2, -0.15) is 0 Å². The Morgan fingerprint density at radius 3 is 2.44 bits per heavy atom. The Labute approximate surface area is 98.5 Å². The van der Waals surface area contributed by atoms with E-state index in [2.05, 4.69) is 23.5 Å². The summed E-state index contributed by atoms with van der Waals surface area (Å²) in [6.45, 7) is 11.9. The fourth-order valence-corrected chi connectivity index (χ4v) is 0.992. The number of allylic oxidation sites excluding steroid dienone is 6. The van der Waals surface area contributed by atoms with E-state index in [0.29, 0.717) is 6.54 Å². The maximum Gasteiger partial charge on any atom is 0.0569 e. The van der Waals surface area contributed by atoms with Crippen LogP contribution in [0.2, 0.25) is 0 Å². The topological polar surface area (TPSA) is 24.4 Å². The molecule has 0 heterocycles.